The summed E-state index contributed by atoms with van der Waals surface area (Å²) in [5.41, 5.74) is 4.58. The van der Waals surface area contributed by atoms with Crippen LogP contribution in [0.1, 0.15) is 17.0 Å². The highest BCUT2D eigenvalue weighted by Gasteiger charge is 2.21. The van der Waals surface area contributed by atoms with Gasteiger partial charge in [0, 0.05) is 29.9 Å². The number of nitro benzene ring substituents is 1. The Morgan fingerprint density at radius 3 is 2.88 bits per heavy atom. The zero-order valence-electron chi connectivity index (χ0n) is 8.80. The van der Waals surface area contributed by atoms with E-state index in [0.717, 1.165) is 23.4 Å². The quantitative estimate of drug-likeness (QED) is 0.461. The van der Waals surface area contributed by atoms with Crippen molar-refractivity contribution in [3.8, 4) is 5.69 Å². The summed E-state index contributed by atoms with van der Waals surface area (Å²) in [6, 6.07) is 9.18. The molecule has 0 spiro atoms. The first-order valence-corrected chi connectivity index (χ1v) is 5.12. The second-order valence-corrected chi connectivity index (χ2v) is 4.05. The van der Waals surface area contributed by atoms with Crippen molar-refractivity contribution in [3.63, 3.8) is 0 Å². The van der Waals surface area contributed by atoms with Crippen LogP contribution in [0.15, 0.2) is 30.3 Å². The van der Waals surface area contributed by atoms with Gasteiger partial charge in [-0.15, -0.1) is 0 Å². The van der Waals surface area contributed by atoms with Gasteiger partial charge in [-0.05, 0) is 30.7 Å². The third-order valence-corrected chi connectivity index (χ3v) is 3.05. The third kappa shape index (κ3) is 1.10. The normalized spacial score (nSPS) is 12.3. The first-order chi connectivity index (χ1) is 7.66. The molecule has 2 aromatic rings. The molecular formula is C12H10N2O2. The lowest BCUT2D eigenvalue weighted by Gasteiger charge is -2.04. The van der Waals surface area contributed by atoms with E-state index < -0.39 is 0 Å². The van der Waals surface area contributed by atoms with Gasteiger partial charge in [-0.3, -0.25) is 10.1 Å². The van der Waals surface area contributed by atoms with Gasteiger partial charge in [-0.2, -0.15) is 0 Å². The van der Waals surface area contributed by atoms with Gasteiger partial charge >= 0.3 is 0 Å². The molecule has 0 fully saturated rings. The lowest BCUT2D eigenvalue weighted by atomic mass is 10.1. The summed E-state index contributed by atoms with van der Waals surface area (Å²) >= 11 is 0. The molecule has 0 saturated carbocycles. The second-order valence-electron chi connectivity index (χ2n) is 4.05. The van der Waals surface area contributed by atoms with Crippen LogP contribution in [0.3, 0.4) is 0 Å². The highest BCUT2D eigenvalue weighted by Crippen LogP contribution is 2.32. The van der Waals surface area contributed by atoms with E-state index in [-0.39, 0.29) is 10.6 Å². The Balaban J connectivity index is 2.24. The van der Waals surface area contributed by atoms with E-state index >= 15 is 0 Å². The minimum Gasteiger partial charge on any atom is -0.317 e. The molecule has 80 valence electrons. The molecule has 0 radical (unpaired) electrons. The van der Waals surface area contributed by atoms with Crippen LogP contribution >= 0.6 is 0 Å². The van der Waals surface area contributed by atoms with E-state index in [4.69, 9.17) is 0 Å². The number of fused-ring (bicyclic) bond motifs is 3. The highest BCUT2D eigenvalue weighted by atomic mass is 16.6. The van der Waals surface area contributed by atoms with E-state index in [2.05, 4.69) is 10.6 Å². The summed E-state index contributed by atoms with van der Waals surface area (Å²) in [6.07, 6.45) is 0.862. The Kier molecular flexibility index (Phi) is 1.68. The van der Waals surface area contributed by atoms with Gasteiger partial charge < -0.3 is 4.57 Å². The maximum Gasteiger partial charge on any atom is 0.271 e. The number of hydrogen-bond donors (Lipinski definition) is 0. The predicted molar refractivity (Wildman–Crippen MR) is 60.0 cm³/mol. The van der Waals surface area contributed by atoms with E-state index in [1.54, 1.807) is 12.1 Å². The fourth-order valence-corrected chi connectivity index (χ4v) is 2.29. The van der Waals surface area contributed by atoms with Gasteiger partial charge in [0.2, 0.25) is 0 Å². The molecule has 1 aromatic heterocycles. The van der Waals surface area contributed by atoms with Crippen LogP contribution in [0, 0.1) is 17.0 Å². The number of benzene rings is 1. The van der Waals surface area contributed by atoms with Crippen LogP contribution in [0.5, 0.6) is 0 Å². The number of rotatable bonds is 1. The van der Waals surface area contributed by atoms with Crippen molar-refractivity contribution < 1.29 is 4.92 Å². The fourth-order valence-electron chi connectivity index (χ4n) is 2.29. The summed E-state index contributed by atoms with van der Waals surface area (Å²) in [6.45, 7) is 2.01. The first-order valence-electron chi connectivity index (χ1n) is 5.12. The van der Waals surface area contributed by atoms with E-state index in [0.29, 0.717) is 0 Å². The Morgan fingerprint density at radius 1 is 1.31 bits per heavy atom. The molecule has 0 aliphatic carbocycles. The molecular weight excluding hydrogens is 204 g/mol. The first kappa shape index (κ1) is 9.15. The Morgan fingerprint density at radius 2 is 2.12 bits per heavy atom. The minimum atomic E-state index is -0.350. The molecule has 0 unspecified atom stereocenters. The van der Waals surface area contributed by atoms with Crippen molar-refractivity contribution in [2.75, 3.05) is 0 Å². The highest BCUT2D eigenvalue weighted by molar-refractivity contribution is 5.56. The molecule has 2 heterocycles. The van der Waals surface area contributed by atoms with Gasteiger partial charge in [-0.1, -0.05) is 0 Å². The third-order valence-electron chi connectivity index (χ3n) is 3.05. The van der Waals surface area contributed by atoms with Gasteiger partial charge in [0.15, 0.2) is 0 Å². The average Bonchev–Trinajstić information content (AvgIpc) is 2.78. The van der Waals surface area contributed by atoms with Gasteiger partial charge in [0.05, 0.1) is 10.6 Å². The maximum absolute atomic E-state index is 10.7. The maximum atomic E-state index is 10.7. The zero-order chi connectivity index (χ0) is 11.3. The van der Waals surface area contributed by atoms with Crippen molar-refractivity contribution in [1.29, 1.82) is 0 Å². The van der Waals surface area contributed by atoms with Crippen molar-refractivity contribution in [2.45, 2.75) is 13.3 Å². The molecule has 1 aromatic carbocycles. The smallest absolute Gasteiger partial charge is 0.271 e. The summed E-state index contributed by atoms with van der Waals surface area (Å²) in [4.78, 5) is 10.4. The van der Waals surface area contributed by atoms with Crippen molar-refractivity contribution in [3.05, 3.63) is 57.4 Å². The Labute approximate surface area is 92.3 Å². The van der Waals surface area contributed by atoms with Crippen LogP contribution < -0.4 is 0 Å². The molecule has 0 amide bonds. The minimum absolute atomic E-state index is 0.153. The van der Waals surface area contributed by atoms with Gasteiger partial charge in [0.1, 0.15) is 0 Å². The van der Waals surface area contributed by atoms with Crippen LogP contribution in [0.25, 0.3) is 5.69 Å². The second kappa shape index (κ2) is 2.95. The molecule has 3 rings (SSSR count). The molecule has 4 heteroatoms. The molecule has 0 atom stereocenters. The largest absolute Gasteiger partial charge is 0.317 e. The molecule has 1 aliphatic heterocycles. The van der Waals surface area contributed by atoms with Crippen molar-refractivity contribution >= 4 is 5.69 Å². The molecule has 0 N–H and O–H groups in total. The molecule has 16 heavy (non-hydrogen) atoms. The Bertz CT molecular complexity index is 599. The number of nitro groups is 1. The van der Waals surface area contributed by atoms with Crippen LogP contribution in [0.2, 0.25) is 0 Å². The van der Waals surface area contributed by atoms with Gasteiger partial charge in [-0.25, -0.2) is 0 Å². The number of non-ortho nitro benzene ring substituents is 1. The van der Waals surface area contributed by atoms with Crippen molar-refractivity contribution in [1.82, 2.24) is 4.57 Å². The van der Waals surface area contributed by atoms with E-state index in [1.165, 1.54) is 5.69 Å². The summed E-state index contributed by atoms with van der Waals surface area (Å²) in [7, 11) is 0. The number of hydrogen-bond acceptors (Lipinski definition) is 2. The standard InChI is InChI=1S/C12H10N2O2/c1-8-2-4-10-6-9-3-5-11(14(15)16)7-12(9)13(8)10/h2-5,7H,6H2,1H3. The molecule has 0 bridgehead atoms. The van der Waals surface area contributed by atoms with Crippen LogP contribution in [0.4, 0.5) is 5.69 Å². The molecule has 0 saturated heterocycles. The lowest BCUT2D eigenvalue weighted by Crippen LogP contribution is -1.96. The zero-order valence-corrected chi connectivity index (χ0v) is 8.80. The summed E-state index contributed by atoms with van der Waals surface area (Å²) in [5, 5.41) is 10.7. The van der Waals surface area contributed by atoms with Crippen LogP contribution in [-0.2, 0) is 6.42 Å². The summed E-state index contributed by atoms with van der Waals surface area (Å²) in [5.74, 6) is 0. The number of nitrogens with zero attached hydrogens (tertiary/aromatic N) is 2. The molecule has 4 nitrogen and oxygen atoms in total. The topological polar surface area (TPSA) is 48.1 Å². The Hall–Kier alpha value is -2.10. The van der Waals surface area contributed by atoms with Crippen LogP contribution in [-0.4, -0.2) is 9.49 Å². The van der Waals surface area contributed by atoms with E-state index in [9.17, 15) is 10.1 Å². The average molecular weight is 214 g/mol. The van der Waals surface area contributed by atoms with Crippen molar-refractivity contribution in [2.24, 2.45) is 0 Å². The predicted octanol–water partition coefficient (Wildman–Crippen LogP) is 2.60. The van der Waals surface area contributed by atoms with Gasteiger partial charge in [0.25, 0.3) is 5.69 Å². The summed E-state index contributed by atoms with van der Waals surface area (Å²) < 4.78 is 2.09. The van der Waals surface area contributed by atoms with E-state index in [1.807, 2.05) is 19.1 Å². The number of aromatic nitrogens is 1. The fraction of sp³-hybridized carbons (Fsp3) is 0.167. The lowest BCUT2D eigenvalue weighted by molar-refractivity contribution is -0.384. The monoisotopic (exact) mass is 214 g/mol. The number of aryl methyl sites for hydroxylation is 1. The SMILES string of the molecule is Cc1ccc2n1-c1cc([N+](=O)[O-])ccc1C2. The molecule has 1 aliphatic rings.